The van der Waals surface area contributed by atoms with Gasteiger partial charge < -0.3 is 4.74 Å². The van der Waals surface area contributed by atoms with E-state index < -0.39 is 0 Å². The van der Waals surface area contributed by atoms with Crippen molar-refractivity contribution in [1.82, 2.24) is 0 Å². The number of hydrogen-bond acceptors (Lipinski definition) is 3. The number of hydrogen-bond donors (Lipinski definition) is 1. The Balaban J connectivity index is 3.15. The second-order valence-electron chi connectivity index (χ2n) is 2.38. The predicted octanol–water partition coefficient (Wildman–Crippen LogP) is 3.04. The molecule has 1 aromatic rings. The zero-order valence-corrected chi connectivity index (χ0v) is 9.00. The molecule has 0 aliphatic heterocycles. The highest BCUT2D eigenvalue weighted by molar-refractivity contribution is 8.13. The zero-order valence-electron chi connectivity index (χ0n) is 7.43. The monoisotopic (exact) mass is 215 g/mol. The van der Waals surface area contributed by atoms with Gasteiger partial charge in [0.05, 0.1) is 12.2 Å². The number of rotatable bonds is 2. The summed E-state index contributed by atoms with van der Waals surface area (Å²) in [6, 6.07) is 5.25. The lowest BCUT2D eigenvalue weighted by Crippen LogP contribution is -1.97. The van der Waals surface area contributed by atoms with E-state index in [-0.39, 0.29) is 0 Å². The molecule has 0 bridgehead atoms. The van der Waals surface area contributed by atoms with Gasteiger partial charge in [-0.1, -0.05) is 11.6 Å². The summed E-state index contributed by atoms with van der Waals surface area (Å²) < 4.78 is 5.11. The van der Waals surface area contributed by atoms with Crippen molar-refractivity contribution in [1.29, 1.82) is 5.41 Å². The quantitative estimate of drug-likeness (QED) is 0.608. The Morgan fingerprint density at radius 2 is 2.23 bits per heavy atom. The number of benzene rings is 1. The molecule has 0 aliphatic carbocycles. The van der Waals surface area contributed by atoms with Gasteiger partial charge >= 0.3 is 0 Å². The molecular formula is C9H10ClNOS. The fourth-order valence-corrected chi connectivity index (χ4v) is 1.52. The van der Waals surface area contributed by atoms with Crippen LogP contribution in [0.5, 0.6) is 5.75 Å². The third-order valence-corrected chi connectivity index (χ3v) is 2.47. The van der Waals surface area contributed by atoms with E-state index in [1.165, 1.54) is 11.8 Å². The van der Waals surface area contributed by atoms with Gasteiger partial charge in [0.15, 0.2) is 0 Å². The first-order chi connectivity index (χ1) is 6.19. The molecular weight excluding hydrogens is 206 g/mol. The van der Waals surface area contributed by atoms with Gasteiger partial charge in [-0.3, -0.25) is 5.41 Å². The number of methoxy groups -OCH3 is 1. The Bertz CT molecular complexity index is 327. The van der Waals surface area contributed by atoms with E-state index in [1.807, 2.05) is 6.26 Å². The van der Waals surface area contributed by atoms with Gasteiger partial charge in [-0.25, -0.2) is 0 Å². The minimum absolute atomic E-state index is 0.458. The van der Waals surface area contributed by atoms with Gasteiger partial charge in [0.25, 0.3) is 0 Å². The van der Waals surface area contributed by atoms with Crippen molar-refractivity contribution >= 4 is 28.4 Å². The third-order valence-electron chi connectivity index (χ3n) is 1.61. The van der Waals surface area contributed by atoms with Crippen LogP contribution in [-0.4, -0.2) is 18.4 Å². The average molecular weight is 216 g/mol. The molecule has 13 heavy (non-hydrogen) atoms. The molecule has 0 heterocycles. The molecule has 0 aliphatic rings. The molecule has 0 atom stereocenters. The molecule has 70 valence electrons. The molecule has 0 unspecified atom stereocenters. The van der Waals surface area contributed by atoms with Crippen molar-refractivity contribution in [2.75, 3.05) is 13.4 Å². The predicted molar refractivity (Wildman–Crippen MR) is 58.3 cm³/mol. The van der Waals surface area contributed by atoms with Gasteiger partial charge in [-0.15, -0.1) is 11.8 Å². The lowest BCUT2D eigenvalue weighted by Gasteiger charge is -2.07. The van der Waals surface area contributed by atoms with Crippen LogP contribution in [0.2, 0.25) is 5.02 Å². The summed E-state index contributed by atoms with van der Waals surface area (Å²) in [5.74, 6) is 0.684. The molecule has 1 rings (SSSR count). The van der Waals surface area contributed by atoms with Crippen LogP contribution in [0, 0.1) is 5.41 Å². The van der Waals surface area contributed by atoms with Crippen LogP contribution in [0.15, 0.2) is 18.2 Å². The summed E-state index contributed by atoms with van der Waals surface area (Å²) in [5, 5.41) is 8.72. The van der Waals surface area contributed by atoms with Crippen LogP contribution in [0.4, 0.5) is 0 Å². The number of ether oxygens (including phenoxy) is 1. The van der Waals surface area contributed by atoms with Crippen LogP contribution < -0.4 is 4.74 Å². The van der Waals surface area contributed by atoms with Crippen molar-refractivity contribution in [2.24, 2.45) is 0 Å². The fraction of sp³-hybridized carbons (Fsp3) is 0.222. The van der Waals surface area contributed by atoms with E-state index in [2.05, 4.69) is 0 Å². The molecule has 0 spiro atoms. The van der Waals surface area contributed by atoms with Gasteiger partial charge in [0.2, 0.25) is 0 Å². The summed E-state index contributed by atoms with van der Waals surface area (Å²) >= 11 is 7.17. The van der Waals surface area contributed by atoms with Gasteiger partial charge in [-0.2, -0.15) is 0 Å². The molecule has 0 amide bonds. The molecule has 2 nitrogen and oxygen atoms in total. The van der Waals surface area contributed by atoms with E-state index in [4.69, 9.17) is 21.7 Å². The maximum absolute atomic E-state index is 7.64. The van der Waals surface area contributed by atoms with E-state index in [1.54, 1.807) is 25.3 Å². The Hall–Kier alpha value is -0.670. The normalized spacial score (nSPS) is 9.77. The van der Waals surface area contributed by atoms with Crippen LogP contribution in [0.3, 0.4) is 0 Å². The highest BCUT2D eigenvalue weighted by atomic mass is 35.5. The van der Waals surface area contributed by atoms with E-state index in [0.717, 1.165) is 5.56 Å². The van der Waals surface area contributed by atoms with E-state index >= 15 is 0 Å². The van der Waals surface area contributed by atoms with Crippen molar-refractivity contribution in [3.63, 3.8) is 0 Å². The zero-order chi connectivity index (χ0) is 9.84. The summed E-state index contributed by atoms with van der Waals surface area (Å²) in [6.07, 6.45) is 1.85. The Morgan fingerprint density at radius 3 is 2.77 bits per heavy atom. The number of nitrogens with one attached hydrogen (secondary N) is 1. The maximum atomic E-state index is 7.64. The van der Waals surface area contributed by atoms with Gasteiger partial charge in [0, 0.05) is 10.6 Å². The standard InChI is InChI=1S/C9H10ClNOS/c1-12-8-4-3-6(10)5-7(8)9(11)13-2/h3-5,11H,1-2H3. The molecule has 0 saturated carbocycles. The summed E-state index contributed by atoms with van der Waals surface area (Å²) in [6.45, 7) is 0. The Labute approximate surface area is 86.8 Å². The average Bonchev–Trinajstić information content (AvgIpc) is 2.16. The van der Waals surface area contributed by atoms with Crippen LogP contribution in [0.25, 0.3) is 0 Å². The van der Waals surface area contributed by atoms with Crippen molar-refractivity contribution in [3.8, 4) is 5.75 Å². The lowest BCUT2D eigenvalue weighted by atomic mass is 10.2. The second-order valence-corrected chi connectivity index (χ2v) is 3.63. The molecule has 1 N–H and O–H groups in total. The van der Waals surface area contributed by atoms with Crippen LogP contribution in [-0.2, 0) is 0 Å². The molecule has 0 aromatic heterocycles. The van der Waals surface area contributed by atoms with Crippen LogP contribution >= 0.6 is 23.4 Å². The first-order valence-corrected chi connectivity index (χ1v) is 5.25. The lowest BCUT2D eigenvalue weighted by molar-refractivity contribution is 0.414. The number of thioether (sulfide) groups is 1. The third kappa shape index (κ3) is 2.39. The molecule has 0 fully saturated rings. The smallest absolute Gasteiger partial charge is 0.128 e. The van der Waals surface area contributed by atoms with Gasteiger partial charge in [-0.05, 0) is 24.5 Å². The number of halogens is 1. The molecule has 4 heteroatoms. The highest BCUT2D eigenvalue weighted by Gasteiger charge is 2.07. The van der Waals surface area contributed by atoms with Crippen LogP contribution in [0.1, 0.15) is 5.56 Å². The van der Waals surface area contributed by atoms with E-state index in [9.17, 15) is 0 Å². The molecule has 1 aromatic carbocycles. The van der Waals surface area contributed by atoms with Crippen molar-refractivity contribution in [2.45, 2.75) is 0 Å². The minimum Gasteiger partial charge on any atom is -0.496 e. The first-order valence-electron chi connectivity index (χ1n) is 3.65. The van der Waals surface area contributed by atoms with Crippen molar-refractivity contribution < 1.29 is 4.74 Å². The Morgan fingerprint density at radius 1 is 1.54 bits per heavy atom. The molecule has 0 radical (unpaired) electrons. The largest absolute Gasteiger partial charge is 0.496 e. The summed E-state index contributed by atoms with van der Waals surface area (Å²) in [4.78, 5) is 0. The maximum Gasteiger partial charge on any atom is 0.128 e. The Kier molecular flexibility index (Phi) is 3.63. The summed E-state index contributed by atoms with van der Waals surface area (Å²) in [5.41, 5.74) is 0.738. The fourth-order valence-electron chi connectivity index (χ4n) is 0.968. The topological polar surface area (TPSA) is 33.1 Å². The first kappa shape index (κ1) is 10.4. The van der Waals surface area contributed by atoms with E-state index in [0.29, 0.717) is 15.8 Å². The highest BCUT2D eigenvalue weighted by Crippen LogP contribution is 2.25. The van der Waals surface area contributed by atoms with Crippen molar-refractivity contribution in [3.05, 3.63) is 28.8 Å². The SMILES string of the molecule is COc1ccc(Cl)cc1C(=N)SC. The second kappa shape index (κ2) is 4.53. The minimum atomic E-state index is 0.458. The van der Waals surface area contributed by atoms with Gasteiger partial charge in [0.1, 0.15) is 5.75 Å². The molecule has 0 saturated heterocycles. The summed E-state index contributed by atoms with van der Waals surface area (Å²) in [7, 11) is 1.58.